The Bertz CT molecular complexity index is 221. The first-order chi connectivity index (χ1) is 8.28. The predicted molar refractivity (Wildman–Crippen MR) is 68.0 cm³/mol. The van der Waals surface area contributed by atoms with E-state index in [0.29, 0.717) is 17.9 Å². The lowest BCUT2D eigenvalue weighted by atomic mass is 9.85. The van der Waals surface area contributed by atoms with Crippen LogP contribution >= 0.6 is 0 Å². The molecule has 0 spiro atoms. The second-order valence-electron chi connectivity index (χ2n) is 5.74. The minimum absolute atomic E-state index is 0.320. The van der Waals surface area contributed by atoms with E-state index in [1.165, 1.54) is 6.42 Å². The quantitative estimate of drug-likeness (QED) is 0.729. The molecule has 100 valence electrons. The van der Waals surface area contributed by atoms with Gasteiger partial charge in [0.1, 0.15) is 0 Å². The zero-order valence-corrected chi connectivity index (χ0v) is 11.0. The van der Waals surface area contributed by atoms with E-state index in [1.807, 2.05) is 7.05 Å². The van der Waals surface area contributed by atoms with Crippen molar-refractivity contribution in [2.75, 3.05) is 53.0 Å². The van der Waals surface area contributed by atoms with Crippen LogP contribution in [0.4, 0.5) is 0 Å². The summed E-state index contributed by atoms with van der Waals surface area (Å²) in [6.45, 7) is 6.63. The third-order valence-corrected chi connectivity index (χ3v) is 4.26. The Labute approximate surface area is 104 Å². The van der Waals surface area contributed by atoms with Gasteiger partial charge in [0.2, 0.25) is 0 Å². The minimum atomic E-state index is 0.320. The molecule has 0 bridgehead atoms. The highest BCUT2D eigenvalue weighted by Crippen LogP contribution is 2.30. The Balaban J connectivity index is 1.82. The van der Waals surface area contributed by atoms with Crippen LogP contribution < -0.4 is 5.32 Å². The molecule has 0 aromatic rings. The summed E-state index contributed by atoms with van der Waals surface area (Å²) >= 11 is 0. The maximum absolute atomic E-state index is 9.15. The molecule has 2 heterocycles. The van der Waals surface area contributed by atoms with Crippen molar-refractivity contribution in [3.63, 3.8) is 0 Å². The lowest BCUT2D eigenvalue weighted by Gasteiger charge is -2.38. The van der Waals surface area contributed by atoms with Gasteiger partial charge < -0.3 is 20.1 Å². The SMILES string of the molecule is CNCC1(CN2CCC(CO)CC2)CCOC1. The van der Waals surface area contributed by atoms with E-state index in [2.05, 4.69) is 10.2 Å². The fourth-order valence-electron chi connectivity index (χ4n) is 3.15. The molecule has 2 N–H and O–H groups in total. The van der Waals surface area contributed by atoms with Crippen LogP contribution in [0.15, 0.2) is 0 Å². The van der Waals surface area contributed by atoms with Crippen LogP contribution in [0.25, 0.3) is 0 Å². The maximum atomic E-state index is 9.15. The number of rotatable bonds is 5. The van der Waals surface area contributed by atoms with Crippen molar-refractivity contribution in [1.82, 2.24) is 10.2 Å². The van der Waals surface area contributed by atoms with Crippen molar-refractivity contribution in [3.05, 3.63) is 0 Å². The van der Waals surface area contributed by atoms with Gasteiger partial charge in [0.05, 0.1) is 6.61 Å². The molecular formula is C13H26N2O2. The molecule has 17 heavy (non-hydrogen) atoms. The molecule has 0 aromatic heterocycles. The zero-order chi connectivity index (χ0) is 12.1. The smallest absolute Gasteiger partial charge is 0.0547 e. The minimum Gasteiger partial charge on any atom is -0.396 e. The number of aliphatic hydroxyl groups excluding tert-OH is 1. The highest BCUT2D eigenvalue weighted by Gasteiger charge is 2.36. The van der Waals surface area contributed by atoms with Crippen LogP contribution in [-0.2, 0) is 4.74 Å². The summed E-state index contributed by atoms with van der Waals surface area (Å²) in [4.78, 5) is 2.55. The van der Waals surface area contributed by atoms with Gasteiger partial charge in [-0.15, -0.1) is 0 Å². The molecule has 0 amide bonds. The average molecular weight is 242 g/mol. The van der Waals surface area contributed by atoms with E-state index in [0.717, 1.165) is 52.2 Å². The molecule has 1 atom stereocenters. The van der Waals surface area contributed by atoms with Crippen LogP contribution in [-0.4, -0.2) is 63.1 Å². The van der Waals surface area contributed by atoms with Gasteiger partial charge in [0, 0.05) is 31.7 Å². The van der Waals surface area contributed by atoms with Gasteiger partial charge in [0.25, 0.3) is 0 Å². The fraction of sp³-hybridized carbons (Fsp3) is 1.00. The summed E-state index contributed by atoms with van der Waals surface area (Å²) in [6, 6.07) is 0. The predicted octanol–water partition coefficient (Wildman–Crippen LogP) is 0.317. The van der Waals surface area contributed by atoms with Crippen molar-refractivity contribution >= 4 is 0 Å². The van der Waals surface area contributed by atoms with Gasteiger partial charge in [0.15, 0.2) is 0 Å². The second kappa shape index (κ2) is 6.14. The molecule has 2 fully saturated rings. The normalized spacial score (nSPS) is 32.1. The van der Waals surface area contributed by atoms with Gasteiger partial charge in [-0.1, -0.05) is 0 Å². The van der Waals surface area contributed by atoms with E-state index >= 15 is 0 Å². The molecule has 2 rings (SSSR count). The first-order valence-electron chi connectivity index (χ1n) is 6.83. The molecule has 0 radical (unpaired) electrons. The number of hydrogen-bond donors (Lipinski definition) is 2. The largest absolute Gasteiger partial charge is 0.396 e. The average Bonchev–Trinajstić information content (AvgIpc) is 2.79. The summed E-state index contributed by atoms with van der Waals surface area (Å²) in [5, 5.41) is 12.5. The number of likely N-dealkylation sites (tertiary alicyclic amines) is 1. The zero-order valence-electron chi connectivity index (χ0n) is 11.0. The Morgan fingerprint density at radius 1 is 1.41 bits per heavy atom. The summed E-state index contributed by atoms with van der Waals surface area (Å²) < 4.78 is 5.59. The van der Waals surface area contributed by atoms with Crippen molar-refractivity contribution < 1.29 is 9.84 Å². The second-order valence-corrected chi connectivity index (χ2v) is 5.74. The highest BCUT2D eigenvalue weighted by atomic mass is 16.5. The van der Waals surface area contributed by atoms with Crippen molar-refractivity contribution in [2.45, 2.75) is 19.3 Å². The van der Waals surface area contributed by atoms with Crippen molar-refractivity contribution in [3.8, 4) is 0 Å². The van der Waals surface area contributed by atoms with Gasteiger partial charge in [-0.3, -0.25) is 0 Å². The van der Waals surface area contributed by atoms with E-state index in [-0.39, 0.29) is 0 Å². The highest BCUT2D eigenvalue weighted by molar-refractivity contribution is 4.89. The van der Waals surface area contributed by atoms with E-state index in [9.17, 15) is 0 Å². The van der Waals surface area contributed by atoms with Crippen molar-refractivity contribution in [1.29, 1.82) is 0 Å². The summed E-state index contributed by atoms with van der Waals surface area (Å²) in [7, 11) is 2.03. The summed E-state index contributed by atoms with van der Waals surface area (Å²) in [5.74, 6) is 0.534. The van der Waals surface area contributed by atoms with Crippen LogP contribution in [0.5, 0.6) is 0 Å². The Hall–Kier alpha value is -0.160. The number of nitrogens with zero attached hydrogens (tertiary/aromatic N) is 1. The van der Waals surface area contributed by atoms with Crippen LogP contribution in [0.1, 0.15) is 19.3 Å². The van der Waals surface area contributed by atoms with E-state index in [4.69, 9.17) is 9.84 Å². The van der Waals surface area contributed by atoms with Crippen LogP contribution in [0.3, 0.4) is 0 Å². The fourth-order valence-corrected chi connectivity index (χ4v) is 3.15. The summed E-state index contributed by atoms with van der Waals surface area (Å²) in [5.41, 5.74) is 0.320. The van der Waals surface area contributed by atoms with Crippen LogP contribution in [0.2, 0.25) is 0 Å². The molecule has 0 aliphatic carbocycles. The molecule has 0 aromatic carbocycles. The molecule has 2 aliphatic rings. The molecular weight excluding hydrogens is 216 g/mol. The first-order valence-corrected chi connectivity index (χ1v) is 6.83. The molecule has 4 nitrogen and oxygen atoms in total. The van der Waals surface area contributed by atoms with E-state index in [1.54, 1.807) is 0 Å². The lowest BCUT2D eigenvalue weighted by molar-refractivity contribution is 0.0758. The number of aliphatic hydroxyl groups is 1. The number of piperidine rings is 1. The maximum Gasteiger partial charge on any atom is 0.0547 e. The summed E-state index contributed by atoms with van der Waals surface area (Å²) in [6.07, 6.45) is 3.47. The van der Waals surface area contributed by atoms with Gasteiger partial charge >= 0.3 is 0 Å². The monoisotopic (exact) mass is 242 g/mol. The molecule has 0 saturated carbocycles. The standard InChI is InChI=1S/C13H26N2O2/c1-14-9-13(4-7-17-11-13)10-15-5-2-12(8-16)3-6-15/h12,14,16H,2-11H2,1H3. The Morgan fingerprint density at radius 2 is 2.18 bits per heavy atom. The number of hydrogen-bond acceptors (Lipinski definition) is 4. The van der Waals surface area contributed by atoms with Gasteiger partial charge in [-0.25, -0.2) is 0 Å². The molecule has 4 heteroatoms. The van der Waals surface area contributed by atoms with E-state index < -0.39 is 0 Å². The number of nitrogens with one attached hydrogen (secondary N) is 1. The van der Waals surface area contributed by atoms with Gasteiger partial charge in [-0.05, 0) is 45.3 Å². The topological polar surface area (TPSA) is 44.7 Å². The Morgan fingerprint density at radius 3 is 2.71 bits per heavy atom. The Kier molecular flexibility index (Phi) is 4.79. The van der Waals surface area contributed by atoms with Crippen molar-refractivity contribution in [2.24, 2.45) is 11.3 Å². The van der Waals surface area contributed by atoms with Gasteiger partial charge in [-0.2, -0.15) is 0 Å². The molecule has 2 saturated heterocycles. The molecule has 1 unspecified atom stereocenters. The lowest BCUT2D eigenvalue weighted by Crippen LogP contribution is -2.46. The van der Waals surface area contributed by atoms with Crippen LogP contribution in [0, 0.1) is 11.3 Å². The molecule has 2 aliphatic heterocycles. The third-order valence-electron chi connectivity index (χ3n) is 4.26. The first kappa shape index (κ1) is 13.3. The number of ether oxygens (including phenoxy) is 1. The third kappa shape index (κ3) is 3.41.